The summed E-state index contributed by atoms with van der Waals surface area (Å²) in [6.45, 7) is 5.26. The highest BCUT2D eigenvalue weighted by atomic mass is 32.2. The maximum atomic E-state index is 13.0. The topological polar surface area (TPSA) is 67.6 Å². The van der Waals surface area contributed by atoms with Gasteiger partial charge >= 0.3 is 0 Å². The van der Waals surface area contributed by atoms with Crippen molar-refractivity contribution in [2.45, 2.75) is 39.2 Å². The SMILES string of the molecule is CC(C)c1ccccc1N=C1SCCCN1C(=O)CCn1cnc2sccc2c1=O. The van der Waals surface area contributed by atoms with E-state index in [2.05, 4.69) is 24.9 Å². The average molecular weight is 441 g/mol. The summed E-state index contributed by atoms with van der Waals surface area (Å²) in [5.41, 5.74) is 1.99. The van der Waals surface area contributed by atoms with E-state index in [1.165, 1.54) is 27.8 Å². The zero-order chi connectivity index (χ0) is 21.1. The molecule has 1 aromatic carbocycles. The molecule has 0 N–H and O–H groups in total. The first kappa shape index (κ1) is 20.8. The van der Waals surface area contributed by atoms with Gasteiger partial charge in [-0.3, -0.25) is 19.1 Å². The molecule has 0 radical (unpaired) electrons. The monoisotopic (exact) mass is 440 g/mol. The zero-order valence-electron chi connectivity index (χ0n) is 17.1. The highest BCUT2D eigenvalue weighted by Gasteiger charge is 2.24. The van der Waals surface area contributed by atoms with Crippen LogP contribution in [0.15, 0.2) is 51.8 Å². The number of nitrogens with zero attached hydrogens (tertiary/aromatic N) is 4. The number of hydrogen-bond acceptors (Lipinski definition) is 6. The third-order valence-electron chi connectivity index (χ3n) is 5.08. The zero-order valence-corrected chi connectivity index (χ0v) is 18.7. The lowest BCUT2D eigenvalue weighted by Gasteiger charge is -2.28. The van der Waals surface area contributed by atoms with Crippen LogP contribution in [0.1, 0.15) is 38.2 Å². The summed E-state index contributed by atoms with van der Waals surface area (Å²) in [6.07, 6.45) is 2.71. The number of aromatic nitrogens is 2. The Labute approximate surface area is 183 Å². The van der Waals surface area contributed by atoms with E-state index in [1.54, 1.807) is 22.7 Å². The molecule has 8 heteroatoms. The van der Waals surface area contributed by atoms with Gasteiger partial charge in [0.25, 0.3) is 5.56 Å². The van der Waals surface area contributed by atoms with Crippen LogP contribution in [-0.4, -0.2) is 37.8 Å². The second-order valence-corrected chi connectivity index (χ2v) is 9.44. The molecule has 0 aliphatic carbocycles. The van der Waals surface area contributed by atoms with Gasteiger partial charge < -0.3 is 0 Å². The Morgan fingerprint density at radius 2 is 2.10 bits per heavy atom. The molecule has 3 heterocycles. The number of thioether (sulfide) groups is 1. The van der Waals surface area contributed by atoms with Gasteiger partial charge in [-0.25, -0.2) is 9.98 Å². The largest absolute Gasteiger partial charge is 0.298 e. The van der Waals surface area contributed by atoms with Crippen molar-refractivity contribution in [2.24, 2.45) is 4.99 Å². The Bertz CT molecular complexity index is 1150. The van der Waals surface area contributed by atoms with E-state index in [0.29, 0.717) is 24.4 Å². The van der Waals surface area contributed by atoms with Crippen LogP contribution in [0.2, 0.25) is 0 Å². The average Bonchev–Trinajstić information content (AvgIpc) is 3.23. The minimum atomic E-state index is -0.0955. The van der Waals surface area contributed by atoms with Crippen LogP contribution in [0.5, 0.6) is 0 Å². The molecule has 0 atom stereocenters. The second kappa shape index (κ2) is 9.14. The Balaban J connectivity index is 1.53. The summed E-state index contributed by atoms with van der Waals surface area (Å²) >= 11 is 3.06. The van der Waals surface area contributed by atoms with Gasteiger partial charge in [-0.05, 0) is 35.4 Å². The molecule has 1 saturated heterocycles. The molecule has 0 unspecified atom stereocenters. The number of fused-ring (bicyclic) bond motifs is 1. The van der Waals surface area contributed by atoms with E-state index >= 15 is 0 Å². The predicted octanol–water partition coefficient (Wildman–Crippen LogP) is 4.62. The summed E-state index contributed by atoms with van der Waals surface area (Å²) in [5, 5.41) is 3.21. The van der Waals surface area contributed by atoms with Crippen LogP contribution in [0.3, 0.4) is 0 Å². The van der Waals surface area contributed by atoms with Crippen LogP contribution in [0.4, 0.5) is 5.69 Å². The highest BCUT2D eigenvalue weighted by Crippen LogP contribution is 2.29. The number of carbonyl (C=O) groups excluding carboxylic acids is 1. The predicted molar refractivity (Wildman–Crippen MR) is 125 cm³/mol. The second-order valence-electron chi connectivity index (χ2n) is 7.49. The summed E-state index contributed by atoms with van der Waals surface area (Å²) in [7, 11) is 0. The standard InChI is InChI=1S/C22H24N4O2S2/c1-15(2)16-6-3-4-7-18(16)24-22-26(10-5-12-30-22)19(27)8-11-25-14-23-20-17(21(25)28)9-13-29-20/h3-4,6-7,9,13-15H,5,8,10-12H2,1-2H3. The lowest BCUT2D eigenvalue weighted by Crippen LogP contribution is -2.40. The Kier molecular flexibility index (Phi) is 6.34. The molecule has 1 aliphatic rings. The molecule has 2 aromatic heterocycles. The van der Waals surface area contributed by atoms with Crippen LogP contribution in [0.25, 0.3) is 10.2 Å². The van der Waals surface area contributed by atoms with E-state index in [4.69, 9.17) is 4.99 Å². The molecule has 1 aliphatic heterocycles. The van der Waals surface area contributed by atoms with Gasteiger partial charge in [-0.1, -0.05) is 43.8 Å². The van der Waals surface area contributed by atoms with Gasteiger partial charge in [0.2, 0.25) is 5.91 Å². The lowest BCUT2D eigenvalue weighted by atomic mass is 10.0. The summed E-state index contributed by atoms with van der Waals surface area (Å²) in [6, 6.07) is 9.87. The number of aliphatic imine (C=N–C) groups is 1. The van der Waals surface area contributed by atoms with Crippen molar-refractivity contribution in [3.8, 4) is 0 Å². The number of thiophene rings is 1. The van der Waals surface area contributed by atoms with Gasteiger partial charge in [0.15, 0.2) is 5.17 Å². The third-order valence-corrected chi connectivity index (χ3v) is 6.96. The molecule has 0 spiro atoms. The van der Waals surface area contributed by atoms with E-state index in [1.807, 2.05) is 23.6 Å². The number of rotatable bonds is 5. The molecule has 4 rings (SSSR count). The Hall–Kier alpha value is -2.45. The fourth-order valence-corrected chi connectivity index (χ4v) is 5.16. The van der Waals surface area contributed by atoms with Gasteiger partial charge in [-0.2, -0.15) is 0 Å². The van der Waals surface area contributed by atoms with Crippen molar-refractivity contribution < 1.29 is 4.79 Å². The van der Waals surface area contributed by atoms with Crippen molar-refractivity contribution in [2.75, 3.05) is 12.3 Å². The smallest absolute Gasteiger partial charge is 0.262 e. The van der Waals surface area contributed by atoms with E-state index in [-0.39, 0.29) is 17.9 Å². The first-order valence-corrected chi connectivity index (χ1v) is 11.9. The third kappa shape index (κ3) is 4.34. The first-order valence-electron chi connectivity index (χ1n) is 10.1. The molecule has 0 bridgehead atoms. The summed E-state index contributed by atoms with van der Waals surface area (Å²) < 4.78 is 1.52. The molecule has 30 heavy (non-hydrogen) atoms. The molecule has 1 fully saturated rings. The highest BCUT2D eigenvalue weighted by molar-refractivity contribution is 8.13. The number of hydrogen-bond donors (Lipinski definition) is 0. The van der Waals surface area contributed by atoms with Crippen LogP contribution >= 0.6 is 23.1 Å². The van der Waals surface area contributed by atoms with E-state index in [9.17, 15) is 9.59 Å². The van der Waals surface area contributed by atoms with Gasteiger partial charge in [0.05, 0.1) is 17.4 Å². The normalized spacial score (nSPS) is 16.0. The molecule has 3 aromatic rings. The van der Waals surface area contributed by atoms with E-state index in [0.717, 1.165) is 27.9 Å². The van der Waals surface area contributed by atoms with E-state index < -0.39 is 0 Å². The summed E-state index contributed by atoms with van der Waals surface area (Å²) in [4.78, 5) is 37.2. The first-order chi connectivity index (χ1) is 14.5. The Morgan fingerprint density at radius 3 is 2.93 bits per heavy atom. The Morgan fingerprint density at radius 1 is 1.27 bits per heavy atom. The number of amides is 1. The van der Waals surface area contributed by atoms with Crippen LogP contribution in [-0.2, 0) is 11.3 Å². The van der Waals surface area contributed by atoms with Crippen molar-refractivity contribution in [3.63, 3.8) is 0 Å². The maximum Gasteiger partial charge on any atom is 0.262 e. The molecule has 1 amide bonds. The molecule has 6 nitrogen and oxygen atoms in total. The van der Waals surface area contributed by atoms with Crippen molar-refractivity contribution in [3.05, 3.63) is 58.0 Å². The number of carbonyl (C=O) groups is 1. The molecular weight excluding hydrogens is 416 g/mol. The van der Waals surface area contributed by atoms with Gasteiger partial charge in [-0.15, -0.1) is 11.3 Å². The summed E-state index contributed by atoms with van der Waals surface area (Å²) in [5.74, 6) is 1.29. The number of benzene rings is 1. The fraction of sp³-hybridized carbons (Fsp3) is 0.364. The minimum Gasteiger partial charge on any atom is -0.298 e. The number of para-hydroxylation sites is 1. The van der Waals surface area contributed by atoms with Crippen LogP contribution < -0.4 is 5.56 Å². The fourth-order valence-electron chi connectivity index (χ4n) is 3.47. The lowest BCUT2D eigenvalue weighted by molar-refractivity contribution is -0.127. The molecule has 156 valence electrons. The van der Waals surface area contributed by atoms with Crippen LogP contribution in [0, 0.1) is 0 Å². The van der Waals surface area contributed by atoms with Gasteiger partial charge in [0, 0.05) is 25.3 Å². The number of amidine groups is 1. The maximum absolute atomic E-state index is 13.0. The van der Waals surface area contributed by atoms with Gasteiger partial charge in [0.1, 0.15) is 4.83 Å². The van der Waals surface area contributed by atoms with Crippen molar-refractivity contribution in [1.29, 1.82) is 0 Å². The molecular formula is C22H24N4O2S2. The molecule has 0 saturated carbocycles. The quantitative estimate of drug-likeness (QED) is 0.580. The van der Waals surface area contributed by atoms with Crippen molar-refractivity contribution in [1.82, 2.24) is 14.5 Å². The number of aryl methyl sites for hydroxylation is 1. The van der Waals surface area contributed by atoms with Crippen molar-refractivity contribution >= 4 is 50.1 Å². The minimum absolute atomic E-state index is 0.0136.